The van der Waals surface area contributed by atoms with Gasteiger partial charge in [0.15, 0.2) is 0 Å². The average molecular weight is 207 g/mol. The fraction of sp³-hybridized carbons (Fsp3) is 0.600. The Hall–Kier alpha value is -0.580. The molecule has 0 aliphatic carbocycles. The van der Waals surface area contributed by atoms with Gasteiger partial charge in [0.1, 0.15) is 4.83 Å². The van der Waals surface area contributed by atoms with Gasteiger partial charge in [0.25, 0.3) is 0 Å². The molecule has 0 spiro atoms. The Morgan fingerprint density at radius 3 is 2.60 bits per heavy atom. The van der Waals surface area contributed by atoms with Crippen LogP contribution in [0.5, 0.6) is 0 Å². The monoisotopic (exact) mass is 206 g/mol. The molecule has 1 fully saturated rings. The molecule has 5 heteroatoms. The van der Waals surface area contributed by atoms with Crippen LogP contribution in [0.2, 0.25) is 0 Å². The van der Waals surface area contributed by atoms with Gasteiger partial charge in [-0.25, -0.2) is 4.79 Å². The van der Waals surface area contributed by atoms with E-state index >= 15 is 0 Å². The zero-order chi connectivity index (χ0) is 7.72. The molecule has 0 aromatic rings. The Morgan fingerprint density at radius 2 is 2.10 bits per heavy atom. The Balaban J connectivity index is 2.66. The summed E-state index contributed by atoms with van der Waals surface area (Å²) in [5, 5.41) is 4.67. The van der Waals surface area contributed by atoms with Gasteiger partial charge in [0, 0.05) is 6.04 Å². The van der Waals surface area contributed by atoms with E-state index in [1.54, 1.807) is 6.92 Å². The van der Waals surface area contributed by atoms with Crippen molar-refractivity contribution in [3.8, 4) is 0 Å². The van der Waals surface area contributed by atoms with E-state index in [1.807, 2.05) is 0 Å². The second-order valence-corrected chi connectivity index (χ2v) is 3.14. The largest absolute Gasteiger partial charge is 0.334 e. The quantitative estimate of drug-likeness (QED) is 0.548. The number of hydrogen-bond acceptors (Lipinski definition) is 2. The van der Waals surface area contributed by atoms with Crippen LogP contribution in [0.1, 0.15) is 6.92 Å². The first-order valence-corrected chi connectivity index (χ1v) is 3.78. The van der Waals surface area contributed by atoms with E-state index in [1.165, 1.54) is 0 Å². The first kappa shape index (κ1) is 7.53. The van der Waals surface area contributed by atoms with Gasteiger partial charge in [-0.1, -0.05) is 15.9 Å². The molecule has 1 aliphatic rings. The van der Waals surface area contributed by atoms with Crippen molar-refractivity contribution in [2.75, 3.05) is 0 Å². The van der Waals surface area contributed by atoms with Gasteiger partial charge in [0.05, 0.1) is 0 Å². The molecule has 0 radical (unpaired) electrons. The van der Waals surface area contributed by atoms with Gasteiger partial charge in [-0.15, -0.1) is 0 Å². The lowest BCUT2D eigenvalue weighted by Crippen LogP contribution is -2.57. The summed E-state index contributed by atoms with van der Waals surface area (Å²) in [5.41, 5.74) is 0. The van der Waals surface area contributed by atoms with Gasteiger partial charge in [-0.2, -0.15) is 0 Å². The number of alkyl halides is 1. The van der Waals surface area contributed by atoms with Crippen LogP contribution in [0.3, 0.4) is 0 Å². The van der Waals surface area contributed by atoms with Crippen LogP contribution in [0.15, 0.2) is 0 Å². The number of carbonyl (C=O) groups is 2. The maximum absolute atomic E-state index is 10.8. The topological polar surface area (TPSA) is 58.2 Å². The minimum absolute atomic E-state index is 0.138. The van der Waals surface area contributed by atoms with Crippen molar-refractivity contribution >= 4 is 27.9 Å². The molecule has 0 aromatic heterocycles. The molecule has 0 aromatic carbocycles. The van der Waals surface area contributed by atoms with Crippen LogP contribution in [0.25, 0.3) is 0 Å². The maximum Gasteiger partial charge on any atom is 0.321 e. The summed E-state index contributed by atoms with van der Waals surface area (Å²) >= 11 is 3.12. The van der Waals surface area contributed by atoms with Crippen molar-refractivity contribution < 1.29 is 9.59 Å². The highest BCUT2D eigenvalue weighted by Crippen LogP contribution is 2.08. The van der Waals surface area contributed by atoms with Crippen molar-refractivity contribution in [3.63, 3.8) is 0 Å². The first-order chi connectivity index (χ1) is 4.61. The van der Waals surface area contributed by atoms with Gasteiger partial charge < -0.3 is 5.32 Å². The summed E-state index contributed by atoms with van der Waals surface area (Å²) < 4.78 is 0. The van der Waals surface area contributed by atoms with E-state index in [-0.39, 0.29) is 16.8 Å². The maximum atomic E-state index is 10.8. The van der Waals surface area contributed by atoms with Gasteiger partial charge in [-0.3, -0.25) is 10.1 Å². The van der Waals surface area contributed by atoms with Gasteiger partial charge in [0.2, 0.25) is 5.91 Å². The highest BCUT2D eigenvalue weighted by molar-refractivity contribution is 9.10. The normalized spacial score (nSPS) is 33.0. The standard InChI is InChI=1S/C5H7BrN2O2/c1-2-3(6)4(9)8-5(10)7-2/h2-3H,1H3,(H2,7,8,9,10)/t2-,3+/m1/s1. The number of hydrogen-bond donors (Lipinski definition) is 2. The first-order valence-electron chi connectivity index (χ1n) is 2.86. The molecule has 1 heterocycles. The third-order valence-electron chi connectivity index (χ3n) is 1.28. The van der Waals surface area contributed by atoms with Crippen LogP contribution < -0.4 is 10.6 Å². The molecule has 10 heavy (non-hydrogen) atoms. The zero-order valence-corrected chi connectivity index (χ0v) is 6.94. The molecular weight excluding hydrogens is 200 g/mol. The number of carbonyl (C=O) groups excluding carboxylic acids is 2. The Kier molecular flexibility index (Phi) is 1.94. The lowest BCUT2D eigenvalue weighted by Gasteiger charge is -2.24. The fourth-order valence-corrected chi connectivity index (χ4v) is 0.971. The van der Waals surface area contributed by atoms with E-state index in [0.717, 1.165) is 0 Å². The Bertz CT molecular complexity index is 182. The van der Waals surface area contributed by atoms with Crippen molar-refractivity contribution in [2.24, 2.45) is 0 Å². The number of amides is 3. The third-order valence-corrected chi connectivity index (χ3v) is 2.49. The number of halogens is 1. The molecule has 1 saturated heterocycles. The highest BCUT2D eigenvalue weighted by atomic mass is 79.9. The molecule has 1 rings (SSSR count). The van der Waals surface area contributed by atoms with Crippen LogP contribution >= 0.6 is 15.9 Å². The van der Waals surface area contributed by atoms with Crippen LogP contribution in [-0.2, 0) is 4.79 Å². The number of nitrogens with one attached hydrogen (secondary N) is 2. The molecule has 0 saturated carbocycles. The highest BCUT2D eigenvalue weighted by Gasteiger charge is 2.29. The van der Waals surface area contributed by atoms with Crippen molar-refractivity contribution in [1.29, 1.82) is 0 Å². The minimum Gasteiger partial charge on any atom is -0.334 e. The summed E-state index contributed by atoms with van der Waals surface area (Å²) in [4.78, 5) is 21.0. The van der Waals surface area contributed by atoms with E-state index in [2.05, 4.69) is 26.6 Å². The van der Waals surface area contributed by atoms with Gasteiger partial charge >= 0.3 is 6.03 Å². The van der Waals surface area contributed by atoms with Crippen LogP contribution in [0.4, 0.5) is 4.79 Å². The minimum atomic E-state index is -0.423. The predicted octanol–water partition coefficient (Wildman–Crippen LogP) is -0.0222. The molecule has 0 bridgehead atoms. The van der Waals surface area contributed by atoms with Crippen molar-refractivity contribution in [2.45, 2.75) is 17.8 Å². The molecule has 56 valence electrons. The summed E-state index contributed by atoms with van der Waals surface area (Å²) in [5.74, 6) is -0.281. The number of rotatable bonds is 0. The summed E-state index contributed by atoms with van der Waals surface area (Å²) in [7, 11) is 0. The van der Waals surface area contributed by atoms with E-state index < -0.39 is 6.03 Å². The zero-order valence-electron chi connectivity index (χ0n) is 5.35. The molecule has 2 N–H and O–H groups in total. The molecule has 0 unspecified atom stereocenters. The Labute approximate surface area is 66.5 Å². The lowest BCUT2D eigenvalue weighted by molar-refractivity contribution is -0.120. The second-order valence-electron chi connectivity index (χ2n) is 2.15. The van der Waals surface area contributed by atoms with E-state index in [0.29, 0.717) is 0 Å². The number of imide groups is 1. The molecule has 2 atom stereocenters. The molecule has 4 nitrogen and oxygen atoms in total. The predicted molar refractivity (Wildman–Crippen MR) is 38.9 cm³/mol. The van der Waals surface area contributed by atoms with E-state index in [9.17, 15) is 9.59 Å². The van der Waals surface area contributed by atoms with Crippen molar-refractivity contribution in [3.05, 3.63) is 0 Å². The smallest absolute Gasteiger partial charge is 0.321 e. The van der Waals surface area contributed by atoms with Gasteiger partial charge in [-0.05, 0) is 6.92 Å². The molecule has 3 amide bonds. The summed E-state index contributed by atoms with van der Waals surface area (Å²) in [6, 6.07) is -0.561. The van der Waals surface area contributed by atoms with E-state index in [4.69, 9.17) is 0 Å². The van der Waals surface area contributed by atoms with Crippen LogP contribution in [0, 0.1) is 0 Å². The SMILES string of the molecule is C[C@H]1NC(=O)NC(=O)[C@H]1Br. The summed E-state index contributed by atoms with van der Waals surface area (Å²) in [6.07, 6.45) is 0. The van der Waals surface area contributed by atoms with Crippen molar-refractivity contribution in [1.82, 2.24) is 10.6 Å². The second kappa shape index (κ2) is 2.57. The third kappa shape index (κ3) is 1.29. The molecule has 1 aliphatic heterocycles. The van der Waals surface area contributed by atoms with Crippen LogP contribution in [-0.4, -0.2) is 22.8 Å². The summed E-state index contributed by atoms with van der Waals surface area (Å²) in [6.45, 7) is 1.76. The molecular formula is C5H7BrN2O2. The fourth-order valence-electron chi connectivity index (χ4n) is 0.724. The lowest BCUT2D eigenvalue weighted by atomic mass is 10.2. The average Bonchev–Trinajstić information content (AvgIpc) is 1.82. The Morgan fingerprint density at radius 1 is 1.50 bits per heavy atom. The number of urea groups is 1.